The van der Waals surface area contributed by atoms with Crippen molar-refractivity contribution in [2.24, 2.45) is 0 Å². The van der Waals surface area contributed by atoms with Crippen molar-refractivity contribution < 1.29 is 22.7 Å². The topological polar surface area (TPSA) is 81.7 Å². The number of benzene rings is 2. The van der Waals surface area contributed by atoms with E-state index in [0.717, 1.165) is 12.8 Å². The Hall–Kier alpha value is -1.80. The van der Waals surface area contributed by atoms with Crippen LogP contribution in [0, 0.1) is 0 Å². The minimum absolute atomic E-state index is 0.0145. The maximum absolute atomic E-state index is 12.2. The van der Waals surface area contributed by atoms with Gasteiger partial charge in [-0.15, -0.1) is 0 Å². The lowest BCUT2D eigenvalue weighted by Gasteiger charge is -2.11. The third kappa shape index (κ3) is 5.35. The molecule has 2 aromatic rings. The van der Waals surface area contributed by atoms with E-state index in [0.29, 0.717) is 15.8 Å². The maximum Gasteiger partial charge on any atom is 0.338 e. The Balaban J connectivity index is 1.56. The summed E-state index contributed by atoms with van der Waals surface area (Å²) in [5.74, 6) is -0.330. The highest BCUT2D eigenvalue weighted by Crippen LogP contribution is 2.32. The van der Waals surface area contributed by atoms with Crippen LogP contribution in [0.1, 0.15) is 23.2 Å². The highest BCUT2D eigenvalue weighted by atomic mass is 35.5. The number of para-hydroxylation sites is 1. The summed E-state index contributed by atoms with van der Waals surface area (Å²) in [5, 5.41) is 0.713. The summed E-state index contributed by atoms with van der Waals surface area (Å²) in [6.07, 6.45) is 1.66. The number of esters is 1. The molecule has 0 atom stereocenters. The second-order valence-corrected chi connectivity index (χ2v) is 8.49. The van der Waals surface area contributed by atoms with Crippen LogP contribution in [-0.4, -0.2) is 33.6 Å². The quantitative estimate of drug-likeness (QED) is 0.511. The van der Waals surface area contributed by atoms with E-state index in [1.165, 1.54) is 24.3 Å². The van der Waals surface area contributed by atoms with Gasteiger partial charge >= 0.3 is 5.97 Å². The molecule has 3 rings (SSSR count). The van der Waals surface area contributed by atoms with Gasteiger partial charge in [0.2, 0.25) is 10.0 Å². The largest absolute Gasteiger partial charge is 0.487 e. The van der Waals surface area contributed by atoms with Gasteiger partial charge in [-0.2, -0.15) is 0 Å². The molecule has 0 saturated heterocycles. The monoisotopic (exact) mass is 429 g/mol. The number of carbonyl (C=O) groups excluding carboxylic acids is 1. The van der Waals surface area contributed by atoms with E-state index in [1.54, 1.807) is 18.2 Å². The number of hydrogen-bond acceptors (Lipinski definition) is 5. The molecule has 1 N–H and O–H groups in total. The molecular weight excluding hydrogens is 413 g/mol. The lowest BCUT2D eigenvalue weighted by molar-refractivity contribution is 0.0450. The molecule has 0 heterocycles. The Morgan fingerprint density at radius 3 is 2.41 bits per heavy atom. The van der Waals surface area contributed by atoms with Gasteiger partial charge in [0, 0.05) is 6.04 Å². The minimum atomic E-state index is -3.64. The van der Waals surface area contributed by atoms with Crippen LogP contribution in [0.25, 0.3) is 0 Å². The van der Waals surface area contributed by atoms with E-state index < -0.39 is 16.0 Å². The standard InChI is InChI=1S/C18H17Cl2NO5S/c19-15-5-2-6-16(20)17(15)25-9-10-26-18(22)12-3-1-4-14(11-12)27(23,24)21-13-7-8-13/h1-6,11,13,21H,7-10H2. The van der Waals surface area contributed by atoms with Crippen molar-refractivity contribution in [3.8, 4) is 5.75 Å². The van der Waals surface area contributed by atoms with Gasteiger partial charge in [0.25, 0.3) is 0 Å². The van der Waals surface area contributed by atoms with E-state index in [4.69, 9.17) is 32.7 Å². The summed E-state index contributed by atoms with van der Waals surface area (Å²) in [6, 6.07) is 10.7. The third-order valence-electron chi connectivity index (χ3n) is 3.76. The second-order valence-electron chi connectivity index (χ2n) is 5.96. The lowest BCUT2D eigenvalue weighted by atomic mass is 10.2. The van der Waals surface area contributed by atoms with Gasteiger partial charge in [-0.1, -0.05) is 35.3 Å². The Labute approximate surface area is 167 Å². The van der Waals surface area contributed by atoms with Crippen LogP contribution in [0.15, 0.2) is 47.4 Å². The number of carbonyl (C=O) groups is 1. The SMILES string of the molecule is O=C(OCCOc1c(Cl)cccc1Cl)c1cccc(S(=O)(=O)NC2CC2)c1. The number of halogens is 2. The van der Waals surface area contributed by atoms with E-state index in [-0.39, 0.29) is 29.7 Å². The van der Waals surface area contributed by atoms with Crippen molar-refractivity contribution in [3.05, 3.63) is 58.1 Å². The second kappa shape index (κ2) is 8.48. The number of sulfonamides is 1. The van der Waals surface area contributed by atoms with Gasteiger partial charge in [0.05, 0.1) is 20.5 Å². The Bertz CT molecular complexity index is 924. The molecule has 27 heavy (non-hydrogen) atoms. The Kier molecular flexibility index (Phi) is 6.26. The zero-order valence-corrected chi connectivity index (χ0v) is 16.5. The van der Waals surface area contributed by atoms with Crippen LogP contribution in [0.2, 0.25) is 10.0 Å². The fourth-order valence-electron chi connectivity index (χ4n) is 2.26. The number of rotatable bonds is 8. The molecule has 2 aromatic carbocycles. The van der Waals surface area contributed by atoms with Crippen molar-refractivity contribution in [3.63, 3.8) is 0 Å². The molecule has 0 spiro atoms. The summed E-state index contributed by atoms with van der Waals surface area (Å²) in [7, 11) is -3.64. The van der Waals surface area contributed by atoms with Crippen LogP contribution < -0.4 is 9.46 Å². The fraction of sp³-hybridized carbons (Fsp3) is 0.278. The molecule has 1 fully saturated rings. The predicted octanol–water partition coefficient (Wildman–Crippen LogP) is 3.67. The molecule has 0 unspecified atom stereocenters. The average Bonchev–Trinajstić information content (AvgIpc) is 3.44. The first kappa shape index (κ1) is 19.9. The molecule has 9 heteroatoms. The van der Waals surface area contributed by atoms with Crippen LogP contribution in [0.4, 0.5) is 0 Å². The smallest absolute Gasteiger partial charge is 0.338 e. The van der Waals surface area contributed by atoms with E-state index in [1.807, 2.05) is 0 Å². The van der Waals surface area contributed by atoms with E-state index in [2.05, 4.69) is 4.72 Å². The molecule has 0 aromatic heterocycles. The molecule has 0 aliphatic heterocycles. The Morgan fingerprint density at radius 2 is 1.74 bits per heavy atom. The van der Waals surface area contributed by atoms with Crippen LogP contribution in [0.5, 0.6) is 5.75 Å². The summed E-state index contributed by atoms with van der Waals surface area (Å²) >= 11 is 12.0. The molecule has 0 amide bonds. The molecule has 1 saturated carbocycles. The Morgan fingerprint density at radius 1 is 1.07 bits per heavy atom. The number of nitrogens with one attached hydrogen (secondary N) is 1. The van der Waals surface area contributed by atoms with Gasteiger partial charge in [-0.05, 0) is 43.2 Å². The summed E-state index contributed by atoms with van der Waals surface area (Å²) < 4.78 is 37.6. The van der Waals surface area contributed by atoms with Crippen molar-refractivity contribution in [2.75, 3.05) is 13.2 Å². The van der Waals surface area contributed by atoms with E-state index in [9.17, 15) is 13.2 Å². The van der Waals surface area contributed by atoms with Crippen molar-refractivity contribution in [1.82, 2.24) is 4.72 Å². The van der Waals surface area contributed by atoms with Crippen LogP contribution in [0.3, 0.4) is 0 Å². The predicted molar refractivity (Wildman–Crippen MR) is 102 cm³/mol. The molecule has 1 aliphatic rings. The molecule has 0 bridgehead atoms. The zero-order valence-electron chi connectivity index (χ0n) is 14.2. The first-order valence-electron chi connectivity index (χ1n) is 8.23. The highest BCUT2D eigenvalue weighted by Gasteiger charge is 2.28. The third-order valence-corrected chi connectivity index (χ3v) is 5.87. The normalized spacial score (nSPS) is 14.0. The average molecular weight is 430 g/mol. The minimum Gasteiger partial charge on any atom is -0.487 e. The van der Waals surface area contributed by atoms with Gasteiger partial charge in [-0.3, -0.25) is 0 Å². The van der Waals surface area contributed by atoms with Crippen molar-refractivity contribution in [2.45, 2.75) is 23.8 Å². The number of ether oxygens (including phenoxy) is 2. The molecule has 6 nitrogen and oxygen atoms in total. The van der Waals surface area contributed by atoms with Gasteiger partial charge in [0.15, 0.2) is 5.75 Å². The van der Waals surface area contributed by atoms with Gasteiger partial charge < -0.3 is 9.47 Å². The number of hydrogen-bond donors (Lipinski definition) is 1. The first-order chi connectivity index (χ1) is 12.9. The lowest BCUT2D eigenvalue weighted by Crippen LogP contribution is -2.26. The molecule has 1 aliphatic carbocycles. The fourth-order valence-corrected chi connectivity index (χ4v) is 4.12. The van der Waals surface area contributed by atoms with Crippen molar-refractivity contribution >= 4 is 39.2 Å². The van der Waals surface area contributed by atoms with Gasteiger partial charge in [-0.25, -0.2) is 17.9 Å². The molecule has 0 radical (unpaired) electrons. The molecule has 144 valence electrons. The maximum atomic E-state index is 12.2. The van der Waals surface area contributed by atoms with E-state index >= 15 is 0 Å². The zero-order chi connectivity index (χ0) is 19.4. The van der Waals surface area contributed by atoms with Crippen LogP contribution >= 0.6 is 23.2 Å². The first-order valence-corrected chi connectivity index (χ1v) is 10.5. The summed E-state index contributed by atoms with van der Waals surface area (Å²) in [5.41, 5.74) is 0.143. The highest BCUT2D eigenvalue weighted by molar-refractivity contribution is 7.89. The van der Waals surface area contributed by atoms with Crippen molar-refractivity contribution in [1.29, 1.82) is 0 Å². The van der Waals surface area contributed by atoms with Gasteiger partial charge in [0.1, 0.15) is 13.2 Å². The summed E-state index contributed by atoms with van der Waals surface area (Å²) in [4.78, 5) is 12.2. The molecular formula is C18H17Cl2NO5S. The summed E-state index contributed by atoms with van der Waals surface area (Å²) in [6.45, 7) is 0.00804. The van der Waals surface area contributed by atoms with Crippen LogP contribution in [-0.2, 0) is 14.8 Å².